The van der Waals surface area contributed by atoms with Crippen molar-refractivity contribution in [2.24, 2.45) is 0 Å². The van der Waals surface area contributed by atoms with E-state index in [-0.39, 0.29) is 0 Å². The highest BCUT2D eigenvalue weighted by atomic mass is 32.2. The van der Waals surface area contributed by atoms with E-state index < -0.39 is 10.8 Å². The minimum Gasteiger partial charge on any atom is -0.341 e. The summed E-state index contributed by atoms with van der Waals surface area (Å²) in [6.45, 7) is 3.37. The fourth-order valence-corrected chi connectivity index (χ4v) is 4.62. The second-order valence-corrected chi connectivity index (χ2v) is 9.09. The van der Waals surface area contributed by atoms with E-state index in [0.29, 0.717) is 48.4 Å². The third-order valence-corrected chi connectivity index (χ3v) is 6.59. The number of H-pyrrole nitrogens is 1. The first-order valence-corrected chi connectivity index (χ1v) is 11.2. The number of nitrogens with zero attached hydrogens (tertiary/aromatic N) is 6. The number of rotatable bonds is 5. The summed E-state index contributed by atoms with van der Waals surface area (Å²) in [6.07, 6.45) is 4.78. The number of nitrogens with one attached hydrogen (secondary N) is 2. The third kappa shape index (κ3) is 3.76. The van der Waals surface area contributed by atoms with E-state index >= 15 is 0 Å². The molecule has 0 radical (unpaired) electrons. The van der Waals surface area contributed by atoms with Gasteiger partial charge < -0.3 is 15.1 Å². The van der Waals surface area contributed by atoms with Gasteiger partial charge in [-0.05, 0) is 25.7 Å². The van der Waals surface area contributed by atoms with Gasteiger partial charge in [0.25, 0.3) is 0 Å². The Morgan fingerprint density at radius 1 is 1.00 bits per heavy atom. The van der Waals surface area contributed by atoms with Crippen molar-refractivity contribution in [3.8, 4) is 0 Å². The van der Waals surface area contributed by atoms with Crippen LogP contribution in [0.2, 0.25) is 0 Å². The summed E-state index contributed by atoms with van der Waals surface area (Å²) in [5.41, 5.74) is 1.17. The summed E-state index contributed by atoms with van der Waals surface area (Å²) in [7, 11) is -0.728. The highest BCUT2D eigenvalue weighted by Gasteiger charge is 2.26. The van der Waals surface area contributed by atoms with Crippen molar-refractivity contribution in [3.05, 3.63) is 11.8 Å². The van der Waals surface area contributed by atoms with Crippen molar-refractivity contribution in [2.75, 3.05) is 52.8 Å². The highest BCUT2D eigenvalue weighted by Crippen LogP contribution is 2.39. The van der Waals surface area contributed by atoms with Gasteiger partial charge in [-0.15, -0.1) is 0 Å². The van der Waals surface area contributed by atoms with Gasteiger partial charge >= 0.3 is 0 Å². The summed E-state index contributed by atoms with van der Waals surface area (Å²) >= 11 is 0. The van der Waals surface area contributed by atoms with Gasteiger partial charge in [0.2, 0.25) is 17.8 Å². The summed E-state index contributed by atoms with van der Waals surface area (Å²) in [5.74, 6) is 4.57. The zero-order valence-corrected chi connectivity index (χ0v) is 16.0. The Hall–Kier alpha value is -2.23. The monoisotopic (exact) mass is 388 g/mol. The fraction of sp³-hybridized carbons (Fsp3) is 0.647. The van der Waals surface area contributed by atoms with Crippen LogP contribution in [0.4, 0.5) is 23.7 Å². The van der Waals surface area contributed by atoms with Crippen LogP contribution in [-0.4, -0.2) is 67.0 Å². The normalized spacial score (nSPS) is 21.0. The molecule has 2 saturated heterocycles. The van der Waals surface area contributed by atoms with E-state index in [0.717, 1.165) is 31.7 Å². The molecular weight excluding hydrogens is 364 g/mol. The Balaban J connectivity index is 1.42. The molecule has 0 unspecified atom stereocenters. The van der Waals surface area contributed by atoms with Gasteiger partial charge in [0.15, 0.2) is 5.82 Å². The molecule has 2 aromatic rings. The van der Waals surface area contributed by atoms with Gasteiger partial charge in [0, 0.05) is 66.2 Å². The van der Waals surface area contributed by atoms with Crippen molar-refractivity contribution < 1.29 is 4.21 Å². The molecule has 144 valence electrons. The maximum Gasteiger partial charge on any atom is 0.235 e. The molecule has 27 heavy (non-hydrogen) atoms. The molecule has 5 rings (SSSR count). The molecule has 2 aliphatic heterocycles. The first-order valence-electron chi connectivity index (χ1n) is 9.68. The van der Waals surface area contributed by atoms with Gasteiger partial charge in [0.1, 0.15) is 0 Å². The van der Waals surface area contributed by atoms with Crippen LogP contribution in [0.1, 0.15) is 37.3 Å². The molecule has 2 N–H and O–H groups in total. The molecule has 4 heterocycles. The average Bonchev–Trinajstić information content (AvgIpc) is 3.18. The van der Waals surface area contributed by atoms with Crippen molar-refractivity contribution >= 4 is 34.5 Å². The lowest BCUT2D eigenvalue weighted by atomic mass is 10.3. The predicted octanol–water partition coefficient (Wildman–Crippen LogP) is 1.38. The van der Waals surface area contributed by atoms with Crippen LogP contribution in [0.15, 0.2) is 6.07 Å². The molecule has 2 aromatic heterocycles. The summed E-state index contributed by atoms with van der Waals surface area (Å²) < 4.78 is 11.7. The third-order valence-electron chi connectivity index (χ3n) is 5.32. The zero-order valence-electron chi connectivity index (χ0n) is 15.2. The molecule has 1 aliphatic carbocycles. The second-order valence-electron chi connectivity index (χ2n) is 7.40. The van der Waals surface area contributed by atoms with Crippen LogP contribution in [0.25, 0.3) is 0 Å². The lowest BCUT2D eigenvalue weighted by Gasteiger charge is -2.27. The molecule has 1 saturated carbocycles. The largest absolute Gasteiger partial charge is 0.341 e. The topological polar surface area (TPSA) is 103 Å². The lowest BCUT2D eigenvalue weighted by Crippen LogP contribution is -2.39. The van der Waals surface area contributed by atoms with Crippen LogP contribution in [0.5, 0.6) is 0 Å². The van der Waals surface area contributed by atoms with Gasteiger partial charge in [-0.25, -0.2) is 0 Å². The smallest absolute Gasteiger partial charge is 0.235 e. The van der Waals surface area contributed by atoms with Gasteiger partial charge in [-0.1, -0.05) is 0 Å². The summed E-state index contributed by atoms with van der Waals surface area (Å²) in [5, 5.41) is 10.7. The lowest BCUT2D eigenvalue weighted by molar-refractivity contribution is 0.671. The quantitative estimate of drug-likeness (QED) is 0.792. The van der Waals surface area contributed by atoms with E-state index in [1.807, 2.05) is 6.07 Å². The van der Waals surface area contributed by atoms with Crippen molar-refractivity contribution in [1.82, 2.24) is 25.1 Å². The predicted molar refractivity (Wildman–Crippen MR) is 105 cm³/mol. The number of hydrogen-bond acceptors (Lipinski definition) is 8. The highest BCUT2D eigenvalue weighted by molar-refractivity contribution is 7.85. The van der Waals surface area contributed by atoms with Gasteiger partial charge in [0.05, 0.1) is 0 Å². The second kappa shape index (κ2) is 7.06. The van der Waals surface area contributed by atoms with E-state index in [4.69, 9.17) is 4.98 Å². The number of aromatic amines is 1. The minimum absolute atomic E-state index is 0.516. The Bertz CT molecular complexity index is 835. The fourth-order valence-electron chi connectivity index (χ4n) is 3.57. The molecule has 0 bridgehead atoms. The first kappa shape index (κ1) is 16.9. The molecule has 3 aliphatic rings. The average molecular weight is 389 g/mol. The van der Waals surface area contributed by atoms with Crippen molar-refractivity contribution in [2.45, 2.75) is 31.6 Å². The van der Waals surface area contributed by atoms with Crippen LogP contribution in [0, 0.1) is 0 Å². The molecule has 10 heteroatoms. The van der Waals surface area contributed by atoms with Crippen LogP contribution in [0.3, 0.4) is 0 Å². The molecule has 9 nitrogen and oxygen atoms in total. The SMILES string of the molecule is O=S1CCN(c2nc(Nc3cc(C4CC4)[nH]n3)nc(N3CCCC3)n2)CC1. The maximum atomic E-state index is 11.7. The molecule has 0 atom stereocenters. The standard InChI is InChI=1S/C17H24N8OS/c26-27-9-7-25(8-10-27)17-20-15(19-16(21-17)24-5-1-2-6-24)18-14-11-13(22-23-14)12-3-4-12/h11-12H,1-10H2,(H2,18,19,20,21,22,23). The Morgan fingerprint density at radius 3 is 2.33 bits per heavy atom. The zero-order chi connectivity index (χ0) is 18.2. The Labute approximate surface area is 160 Å². The Morgan fingerprint density at radius 2 is 1.67 bits per heavy atom. The van der Waals surface area contributed by atoms with Gasteiger partial charge in [-0.2, -0.15) is 20.1 Å². The number of anilines is 4. The van der Waals surface area contributed by atoms with Gasteiger partial charge in [-0.3, -0.25) is 9.31 Å². The number of aromatic nitrogens is 5. The molecule has 3 fully saturated rings. The Kier molecular flexibility index (Phi) is 4.42. The van der Waals surface area contributed by atoms with Crippen molar-refractivity contribution in [3.63, 3.8) is 0 Å². The van der Waals surface area contributed by atoms with E-state index in [9.17, 15) is 4.21 Å². The number of hydrogen-bond donors (Lipinski definition) is 2. The minimum atomic E-state index is -0.728. The molecular formula is C17H24N8OS. The van der Waals surface area contributed by atoms with Crippen LogP contribution in [-0.2, 0) is 10.8 Å². The van der Waals surface area contributed by atoms with Crippen LogP contribution >= 0.6 is 0 Å². The van der Waals surface area contributed by atoms with Crippen molar-refractivity contribution in [1.29, 1.82) is 0 Å². The molecule has 0 spiro atoms. The van der Waals surface area contributed by atoms with E-state index in [2.05, 4.69) is 35.3 Å². The maximum absolute atomic E-state index is 11.7. The first-order chi connectivity index (χ1) is 13.2. The summed E-state index contributed by atoms with van der Waals surface area (Å²) in [6, 6.07) is 2.04. The van der Waals surface area contributed by atoms with Crippen LogP contribution < -0.4 is 15.1 Å². The summed E-state index contributed by atoms with van der Waals surface area (Å²) in [4.78, 5) is 18.3. The molecule has 0 aromatic carbocycles. The van der Waals surface area contributed by atoms with E-state index in [1.165, 1.54) is 18.5 Å². The molecule has 0 amide bonds. The van der Waals surface area contributed by atoms with E-state index in [1.54, 1.807) is 0 Å².